The first-order valence-corrected chi connectivity index (χ1v) is 8.45. The molecule has 0 aromatic heterocycles. The zero-order valence-corrected chi connectivity index (χ0v) is 13.7. The SMILES string of the molecule is CCN(Cc1cccc(F)c1)C(=O)C(CCSC)NC(N)=O. The molecule has 0 saturated carbocycles. The molecule has 1 aromatic carbocycles. The molecule has 0 spiro atoms. The molecule has 7 heteroatoms. The molecule has 22 heavy (non-hydrogen) atoms. The molecular weight excluding hydrogens is 305 g/mol. The predicted molar refractivity (Wildman–Crippen MR) is 87.0 cm³/mol. The van der Waals surface area contributed by atoms with Gasteiger partial charge < -0.3 is 16.0 Å². The van der Waals surface area contributed by atoms with Crippen molar-refractivity contribution in [1.82, 2.24) is 10.2 Å². The minimum Gasteiger partial charge on any atom is -0.352 e. The first-order chi connectivity index (χ1) is 10.5. The second kappa shape index (κ2) is 9.30. The summed E-state index contributed by atoms with van der Waals surface area (Å²) < 4.78 is 13.2. The van der Waals surface area contributed by atoms with Crippen LogP contribution in [0.15, 0.2) is 24.3 Å². The summed E-state index contributed by atoms with van der Waals surface area (Å²) >= 11 is 1.59. The van der Waals surface area contributed by atoms with Crippen LogP contribution in [-0.4, -0.2) is 41.4 Å². The van der Waals surface area contributed by atoms with Gasteiger partial charge in [0.2, 0.25) is 5.91 Å². The topological polar surface area (TPSA) is 75.4 Å². The fourth-order valence-electron chi connectivity index (χ4n) is 2.09. The minimum atomic E-state index is -0.721. The summed E-state index contributed by atoms with van der Waals surface area (Å²) in [6, 6.07) is 4.75. The van der Waals surface area contributed by atoms with Gasteiger partial charge in [0.15, 0.2) is 0 Å². The summed E-state index contributed by atoms with van der Waals surface area (Å²) in [4.78, 5) is 25.2. The van der Waals surface area contributed by atoms with Gasteiger partial charge in [-0.25, -0.2) is 9.18 Å². The summed E-state index contributed by atoms with van der Waals surface area (Å²) in [5.74, 6) is 0.184. The zero-order valence-electron chi connectivity index (χ0n) is 12.8. The van der Waals surface area contributed by atoms with Gasteiger partial charge in [-0.2, -0.15) is 11.8 Å². The number of benzene rings is 1. The number of nitrogens with two attached hydrogens (primary N) is 1. The molecule has 122 valence electrons. The number of thioether (sulfide) groups is 1. The number of primary amides is 1. The van der Waals surface area contributed by atoms with E-state index in [0.29, 0.717) is 25.1 Å². The van der Waals surface area contributed by atoms with Crippen LogP contribution < -0.4 is 11.1 Å². The molecule has 0 aliphatic rings. The Hall–Kier alpha value is -1.76. The van der Waals surface area contributed by atoms with Crippen LogP contribution in [0.5, 0.6) is 0 Å². The van der Waals surface area contributed by atoms with Crippen molar-refractivity contribution in [2.24, 2.45) is 5.73 Å². The maximum atomic E-state index is 13.2. The molecule has 0 fully saturated rings. The van der Waals surface area contributed by atoms with Gasteiger partial charge in [0, 0.05) is 13.1 Å². The van der Waals surface area contributed by atoms with E-state index in [2.05, 4.69) is 5.32 Å². The van der Waals surface area contributed by atoms with Crippen LogP contribution in [0.4, 0.5) is 9.18 Å². The fraction of sp³-hybridized carbons (Fsp3) is 0.467. The number of hydrogen-bond acceptors (Lipinski definition) is 3. The number of carbonyl (C=O) groups excluding carboxylic acids is 2. The predicted octanol–water partition coefficient (Wildman–Crippen LogP) is 1.96. The van der Waals surface area contributed by atoms with Crippen LogP contribution >= 0.6 is 11.8 Å². The molecule has 1 aromatic rings. The van der Waals surface area contributed by atoms with E-state index in [1.54, 1.807) is 28.8 Å². The zero-order chi connectivity index (χ0) is 16.5. The lowest BCUT2D eigenvalue weighted by atomic mass is 10.1. The van der Waals surface area contributed by atoms with E-state index in [1.165, 1.54) is 12.1 Å². The Morgan fingerprint density at radius 1 is 1.45 bits per heavy atom. The van der Waals surface area contributed by atoms with Crippen molar-refractivity contribution in [3.05, 3.63) is 35.6 Å². The number of halogens is 1. The summed E-state index contributed by atoms with van der Waals surface area (Å²) in [6.07, 6.45) is 2.43. The Bertz CT molecular complexity index is 513. The Morgan fingerprint density at radius 3 is 2.73 bits per heavy atom. The van der Waals surface area contributed by atoms with E-state index in [0.717, 1.165) is 5.75 Å². The molecule has 5 nitrogen and oxygen atoms in total. The largest absolute Gasteiger partial charge is 0.352 e. The molecule has 0 heterocycles. The Labute approximate surface area is 134 Å². The molecule has 1 rings (SSSR count). The van der Waals surface area contributed by atoms with Crippen LogP contribution in [0.2, 0.25) is 0 Å². The van der Waals surface area contributed by atoms with Crippen molar-refractivity contribution in [1.29, 1.82) is 0 Å². The standard InChI is InChI=1S/C15H22FN3O2S/c1-3-19(10-11-5-4-6-12(16)9-11)14(20)13(7-8-22-2)18-15(17)21/h4-6,9,13H,3,7-8,10H2,1-2H3,(H3,17,18,21). The van der Waals surface area contributed by atoms with Crippen molar-refractivity contribution in [2.75, 3.05) is 18.6 Å². The van der Waals surface area contributed by atoms with E-state index >= 15 is 0 Å². The average Bonchev–Trinajstić information content (AvgIpc) is 2.48. The first-order valence-electron chi connectivity index (χ1n) is 7.06. The summed E-state index contributed by atoms with van der Waals surface area (Å²) in [7, 11) is 0. The summed E-state index contributed by atoms with van der Waals surface area (Å²) in [5, 5.41) is 2.49. The van der Waals surface area contributed by atoms with E-state index in [4.69, 9.17) is 5.73 Å². The molecular formula is C15H22FN3O2S. The number of nitrogens with one attached hydrogen (secondary N) is 1. The summed E-state index contributed by atoms with van der Waals surface area (Å²) in [5.41, 5.74) is 5.85. The first kappa shape index (κ1) is 18.3. The maximum absolute atomic E-state index is 13.2. The molecule has 1 unspecified atom stereocenters. The van der Waals surface area contributed by atoms with Gasteiger partial charge in [-0.3, -0.25) is 4.79 Å². The highest BCUT2D eigenvalue weighted by atomic mass is 32.2. The third-order valence-electron chi connectivity index (χ3n) is 3.18. The van der Waals surface area contributed by atoms with Gasteiger partial charge in [-0.05, 0) is 43.0 Å². The van der Waals surface area contributed by atoms with Gasteiger partial charge in [0.1, 0.15) is 11.9 Å². The van der Waals surface area contributed by atoms with Crippen LogP contribution in [0.25, 0.3) is 0 Å². The normalized spacial score (nSPS) is 11.8. The van der Waals surface area contributed by atoms with Crippen LogP contribution in [0.1, 0.15) is 18.9 Å². The van der Waals surface area contributed by atoms with E-state index in [1.807, 2.05) is 13.2 Å². The monoisotopic (exact) mass is 327 g/mol. The molecule has 0 aliphatic carbocycles. The van der Waals surface area contributed by atoms with E-state index < -0.39 is 12.1 Å². The number of hydrogen-bond donors (Lipinski definition) is 2. The lowest BCUT2D eigenvalue weighted by molar-refractivity contribution is -0.133. The van der Waals surface area contributed by atoms with E-state index in [9.17, 15) is 14.0 Å². The van der Waals surface area contributed by atoms with Crippen LogP contribution in [0.3, 0.4) is 0 Å². The molecule has 0 radical (unpaired) electrons. The Balaban J connectivity index is 2.80. The lowest BCUT2D eigenvalue weighted by Gasteiger charge is -2.26. The van der Waals surface area contributed by atoms with Gasteiger partial charge >= 0.3 is 6.03 Å². The quantitative estimate of drug-likeness (QED) is 0.766. The van der Waals surface area contributed by atoms with Gasteiger partial charge in [-0.15, -0.1) is 0 Å². The van der Waals surface area contributed by atoms with Gasteiger partial charge in [-0.1, -0.05) is 12.1 Å². The van der Waals surface area contributed by atoms with Crippen molar-refractivity contribution in [3.8, 4) is 0 Å². The van der Waals surface area contributed by atoms with Crippen LogP contribution in [-0.2, 0) is 11.3 Å². The van der Waals surface area contributed by atoms with Crippen molar-refractivity contribution >= 4 is 23.7 Å². The smallest absolute Gasteiger partial charge is 0.312 e. The summed E-state index contributed by atoms with van der Waals surface area (Å²) in [6.45, 7) is 2.60. The molecule has 3 amide bonds. The third-order valence-corrected chi connectivity index (χ3v) is 3.83. The minimum absolute atomic E-state index is 0.209. The van der Waals surface area contributed by atoms with Crippen molar-refractivity contribution in [2.45, 2.75) is 25.9 Å². The lowest BCUT2D eigenvalue weighted by Crippen LogP contribution is -2.50. The number of nitrogens with zero attached hydrogens (tertiary/aromatic N) is 1. The number of rotatable bonds is 8. The molecule has 0 saturated heterocycles. The molecule has 1 atom stereocenters. The average molecular weight is 327 g/mol. The number of carbonyl (C=O) groups is 2. The maximum Gasteiger partial charge on any atom is 0.312 e. The fourth-order valence-corrected chi connectivity index (χ4v) is 2.56. The highest BCUT2D eigenvalue weighted by molar-refractivity contribution is 7.98. The van der Waals surface area contributed by atoms with E-state index in [-0.39, 0.29) is 11.7 Å². The molecule has 3 N–H and O–H groups in total. The van der Waals surface area contributed by atoms with Gasteiger partial charge in [0.05, 0.1) is 0 Å². The Kier molecular flexibility index (Phi) is 7.73. The highest BCUT2D eigenvalue weighted by Gasteiger charge is 2.24. The second-order valence-electron chi connectivity index (χ2n) is 4.82. The number of likely N-dealkylation sites (N-methyl/N-ethyl adjacent to an activating group) is 1. The second-order valence-corrected chi connectivity index (χ2v) is 5.81. The number of amides is 3. The third kappa shape index (κ3) is 5.93. The van der Waals surface area contributed by atoms with Crippen LogP contribution in [0, 0.1) is 5.82 Å². The van der Waals surface area contributed by atoms with Crippen molar-refractivity contribution < 1.29 is 14.0 Å². The van der Waals surface area contributed by atoms with Crippen molar-refractivity contribution in [3.63, 3.8) is 0 Å². The number of urea groups is 1. The van der Waals surface area contributed by atoms with Gasteiger partial charge in [0.25, 0.3) is 0 Å². The highest BCUT2D eigenvalue weighted by Crippen LogP contribution is 2.11. The molecule has 0 aliphatic heterocycles. The Morgan fingerprint density at radius 2 is 2.18 bits per heavy atom. The molecule has 0 bridgehead atoms.